The first-order valence-corrected chi connectivity index (χ1v) is 26.6. The Hall–Kier alpha value is -7.29. The molecule has 2 aliphatic rings. The molecule has 72 heavy (non-hydrogen) atoms. The summed E-state index contributed by atoms with van der Waals surface area (Å²) in [7, 11) is 0. The van der Waals surface area contributed by atoms with Crippen molar-refractivity contribution in [2.45, 2.75) is 92.9 Å². The van der Waals surface area contributed by atoms with Crippen LogP contribution in [-0.4, -0.2) is 22.6 Å². The van der Waals surface area contributed by atoms with Crippen molar-refractivity contribution in [2.75, 3.05) is 0 Å². The average Bonchev–Trinajstić information content (AvgIpc) is 3.89. The second-order valence-electron chi connectivity index (χ2n) is 22.5. The number of hydrogen-bond donors (Lipinski definition) is 0. The Labute approximate surface area is 426 Å². The smallest absolute Gasteiger partial charge is 0.247 e. The number of benzene rings is 9. The molecule has 0 amide bonds. The van der Waals surface area contributed by atoms with Gasteiger partial charge < -0.3 is 9.13 Å². The van der Waals surface area contributed by atoms with Crippen molar-refractivity contribution < 1.29 is 0 Å². The van der Waals surface area contributed by atoms with Gasteiger partial charge in [0, 0.05) is 44.0 Å². The highest BCUT2D eigenvalue weighted by atomic mass is 15.0. The van der Waals surface area contributed by atoms with Crippen molar-refractivity contribution in [3.63, 3.8) is 0 Å². The van der Waals surface area contributed by atoms with Crippen LogP contribution in [0.5, 0.6) is 0 Å². The third kappa shape index (κ3) is 6.57. The topological polar surface area (TPSA) is 9.86 Å². The fourth-order valence-corrected chi connectivity index (χ4v) is 13.4. The summed E-state index contributed by atoms with van der Waals surface area (Å²) in [5.74, 6) is 1.32. The molecule has 4 heterocycles. The van der Waals surface area contributed by atoms with E-state index in [0.717, 1.165) is 0 Å². The minimum Gasteiger partial charge on any atom is -0.310 e. The molecule has 0 atom stereocenters. The highest BCUT2D eigenvalue weighted by Gasteiger charge is 2.43. The van der Waals surface area contributed by atoms with Crippen LogP contribution in [0, 0.1) is 13.8 Å². The molecule has 0 saturated heterocycles. The average molecular weight is 929 g/mol. The fourth-order valence-electron chi connectivity index (χ4n) is 13.4. The normalized spacial score (nSPS) is 13.0. The van der Waals surface area contributed by atoms with Gasteiger partial charge in [-0.1, -0.05) is 199 Å². The first kappa shape index (κ1) is 44.6. The van der Waals surface area contributed by atoms with E-state index in [1.165, 1.54) is 143 Å². The largest absolute Gasteiger partial charge is 0.310 e. The van der Waals surface area contributed by atoms with Gasteiger partial charge in [-0.2, -0.15) is 0 Å². The van der Waals surface area contributed by atoms with Gasteiger partial charge in [0.1, 0.15) is 0 Å². The Morgan fingerprint density at radius 1 is 0.319 bits per heavy atom. The Balaban J connectivity index is 1.26. The van der Waals surface area contributed by atoms with Gasteiger partial charge in [0.25, 0.3) is 0 Å². The van der Waals surface area contributed by atoms with Crippen LogP contribution in [0.15, 0.2) is 170 Å². The van der Waals surface area contributed by atoms with Gasteiger partial charge in [-0.3, -0.25) is 0 Å². The van der Waals surface area contributed by atoms with E-state index in [0.29, 0.717) is 23.7 Å². The molecule has 4 heteroatoms. The molecule has 2 nitrogen and oxygen atoms in total. The SMILES string of the molecule is Cc1ccc2c(c1)c1cc(-c3ccccc3)cc3c1n2-c1cc2c(cc1B3c1c(C(C)C)cccc1C(C)C)-n1c3ccc(C)cc3c3cc(-c4ccccc4)cc(c31)B2c1c(C(C)C)cccc1C(C)C. The minimum atomic E-state index is -0.0283. The fraction of sp³-hybridized carbons (Fsp3) is 0.206. The highest BCUT2D eigenvalue weighted by Crippen LogP contribution is 2.41. The van der Waals surface area contributed by atoms with Gasteiger partial charge >= 0.3 is 0 Å². The second kappa shape index (κ2) is 16.6. The summed E-state index contributed by atoms with van der Waals surface area (Å²) in [5, 5.41) is 5.26. The number of aromatic nitrogens is 2. The maximum absolute atomic E-state index is 2.69. The van der Waals surface area contributed by atoms with Crippen LogP contribution in [0.2, 0.25) is 0 Å². The lowest BCUT2D eigenvalue weighted by Gasteiger charge is -2.36. The van der Waals surface area contributed by atoms with Crippen LogP contribution >= 0.6 is 0 Å². The van der Waals surface area contributed by atoms with E-state index in [4.69, 9.17) is 0 Å². The first-order chi connectivity index (χ1) is 34.9. The maximum Gasteiger partial charge on any atom is 0.247 e. The molecule has 2 aromatic heterocycles. The number of rotatable bonds is 8. The van der Waals surface area contributed by atoms with Crippen LogP contribution in [0.3, 0.4) is 0 Å². The molecule has 13 rings (SSSR count). The Bertz CT molecular complexity index is 3700. The lowest BCUT2D eigenvalue weighted by molar-refractivity contribution is 0.845. The molecule has 0 N–H and O–H groups in total. The lowest BCUT2D eigenvalue weighted by atomic mass is 9.31. The third-order valence-electron chi connectivity index (χ3n) is 16.6. The van der Waals surface area contributed by atoms with E-state index in [-0.39, 0.29) is 13.4 Å². The van der Waals surface area contributed by atoms with Crippen molar-refractivity contribution in [1.29, 1.82) is 0 Å². The molecule has 0 unspecified atom stereocenters. The van der Waals surface area contributed by atoms with Crippen molar-refractivity contribution in [1.82, 2.24) is 9.13 Å². The van der Waals surface area contributed by atoms with Crippen LogP contribution in [0.4, 0.5) is 0 Å². The number of nitrogens with zero attached hydrogens (tertiary/aromatic N) is 2. The molecule has 0 saturated carbocycles. The molecule has 0 spiro atoms. The molecule has 11 aromatic rings. The van der Waals surface area contributed by atoms with Crippen LogP contribution in [0.25, 0.3) is 77.2 Å². The van der Waals surface area contributed by atoms with Crippen molar-refractivity contribution in [3.8, 4) is 33.6 Å². The molecule has 0 fully saturated rings. The van der Waals surface area contributed by atoms with Crippen LogP contribution in [-0.2, 0) is 0 Å². The van der Waals surface area contributed by atoms with Crippen molar-refractivity contribution >= 4 is 89.8 Å². The third-order valence-corrected chi connectivity index (χ3v) is 16.6. The Morgan fingerprint density at radius 3 is 1.03 bits per heavy atom. The summed E-state index contributed by atoms with van der Waals surface area (Å²) in [5.41, 5.74) is 29.5. The van der Waals surface area contributed by atoms with E-state index in [1.807, 2.05) is 0 Å². The monoisotopic (exact) mass is 929 g/mol. The summed E-state index contributed by atoms with van der Waals surface area (Å²) in [6.07, 6.45) is 0. The summed E-state index contributed by atoms with van der Waals surface area (Å²) in [4.78, 5) is 0. The molecule has 2 aliphatic heterocycles. The predicted molar refractivity (Wildman–Crippen MR) is 314 cm³/mol. The molecule has 0 bridgehead atoms. The van der Waals surface area contributed by atoms with E-state index < -0.39 is 0 Å². The standard InChI is InChI=1S/C68H62B2N2/c1-39(2)49-23-17-24-50(40(3)4)65(49)69-57-37-64-58(38-63(57)71-61-29-27-43(9)31-53(61)55-33-47(35-59(69)67(55)71)45-19-13-11-14-20-45)70(66-51(41(5)6)25-18-26-52(66)42(7)8)60-36-48(46-21-15-12-16-22-46)34-56-54-32-44(10)28-30-62(54)72(64)68(56)60/h11-42H,1-10H3. The molecule has 0 radical (unpaired) electrons. The summed E-state index contributed by atoms with van der Waals surface area (Å²) >= 11 is 0. The first-order valence-electron chi connectivity index (χ1n) is 26.6. The van der Waals surface area contributed by atoms with Gasteiger partial charge in [-0.05, 0) is 152 Å². The van der Waals surface area contributed by atoms with E-state index >= 15 is 0 Å². The zero-order chi connectivity index (χ0) is 49.4. The molecular formula is C68H62B2N2. The summed E-state index contributed by atoms with van der Waals surface area (Å²) in [6, 6.07) is 66.3. The number of aryl methyl sites for hydroxylation is 2. The van der Waals surface area contributed by atoms with Crippen LogP contribution < -0.4 is 32.8 Å². The molecular weight excluding hydrogens is 866 g/mol. The Morgan fingerprint density at radius 2 is 0.681 bits per heavy atom. The zero-order valence-electron chi connectivity index (χ0n) is 43.5. The number of hydrogen-bond acceptors (Lipinski definition) is 0. The van der Waals surface area contributed by atoms with E-state index in [9.17, 15) is 0 Å². The van der Waals surface area contributed by atoms with Crippen molar-refractivity contribution in [3.05, 3.63) is 203 Å². The van der Waals surface area contributed by atoms with Gasteiger partial charge in [0.2, 0.25) is 13.4 Å². The quantitative estimate of drug-likeness (QED) is 0.134. The summed E-state index contributed by atoms with van der Waals surface area (Å²) < 4.78 is 5.37. The maximum atomic E-state index is 2.69. The Kier molecular flexibility index (Phi) is 10.3. The lowest BCUT2D eigenvalue weighted by Crippen LogP contribution is -2.61. The van der Waals surface area contributed by atoms with E-state index in [2.05, 4.69) is 248 Å². The second-order valence-corrected chi connectivity index (χ2v) is 22.5. The van der Waals surface area contributed by atoms with Crippen molar-refractivity contribution in [2.24, 2.45) is 0 Å². The van der Waals surface area contributed by atoms with Gasteiger partial charge in [0.05, 0.1) is 11.0 Å². The van der Waals surface area contributed by atoms with Gasteiger partial charge in [-0.25, -0.2) is 0 Å². The van der Waals surface area contributed by atoms with E-state index in [1.54, 1.807) is 0 Å². The minimum absolute atomic E-state index is 0.0283. The zero-order valence-corrected chi connectivity index (χ0v) is 43.5. The molecule has 350 valence electrons. The number of fused-ring (bicyclic) bond motifs is 10. The summed E-state index contributed by atoms with van der Waals surface area (Å²) in [6.45, 7) is 23.6. The van der Waals surface area contributed by atoms with Gasteiger partial charge in [0.15, 0.2) is 0 Å². The highest BCUT2D eigenvalue weighted by molar-refractivity contribution is 7.00. The van der Waals surface area contributed by atoms with Gasteiger partial charge in [-0.15, -0.1) is 0 Å². The molecule has 0 aliphatic carbocycles. The molecule has 9 aromatic carbocycles. The predicted octanol–water partition coefficient (Wildman–Crippen LogP) is 14.0. The van der Waals surface area contributed by atoms with Crippen LogP contribution in [0.1, 0.15) is 112 Å².